The van der Waals surface area contributed by atoms with Crippen molar-refractivity contribution in [3.8, 4) is 0 Å². The molecule has 0 N–H and O–H groups in total. The number of hydrogen-bond donors (Lipinski definition) is 0. The third kappa shape index (κ3) is 2.85. The van der Waals surface area contributed by atoms with Crippen molar-refractivity contribution in [1.82, 2.24) is 9.80 Å². The van der Waals surface area contributed by atoms with E-state index in [0.29, 0.717) is 13.1 Å². The minimum atomic E-state index is -0.717. The Morgan fingerprint density at radius 1 is 1.11 bits per heavy atom. The number of amides is 1. The normalized spacial score (nSPS) is 16.9. The quantitative estimate of drug-likeness (QED) is 0.802. The molecule has 1 aromatic rings. The summed E-state index contributed by atoms with van der Waals surface area (Å²) < 4.78 is 26.1. The van der Waals surface area contributed by atoms with E-state index in [-0.39, 0.29) is 11.5 Å². The van der Waals surface area contributed by atoms with Crippen molar-refractivity contribution in [2.24, 2.45) is 0 Å². The lowest BCUT2D eigenvalue weighted by Crippen LogP contribution is -2.48. The third-order valence-electron chi connectivity index (χ3n) is 3.22. The summed E-state index contributed by atoms with van der Waals surface area (Å²) in [6.45, 7) is 5.84. The minimum absolute atomic E-state index is 0.0810. The van der Waals surface area contributed by atoms with E-state index >= 15 is 0 Å². The predicted octanol–water partition coefficient (Wildman–Crippen LogP) is 1.74. The van der Waals surface area contributed by atoms with Gasteiger partial charge in [-0.05, 0) is 18.7 Å². The molecule has 0 atom stereocenters. The van der Waals surface area contributed by atoms with Crippen LogP contribution in [0.1, 0.15) is 17.3 Å². The second-order valence-electron chi connectivity index (χ2n) is 4.38. The second kappa shape index (κ2) is 5.44. The maximum atomic E-state index is 13.1. The van der Waals surface area contributed by atoms with Crippen LogP contribution in [0.3, 0.4) is 0 Å². The van der Waals surface area contributed by atoms with Crippen LogP contribution >= 0.6 is 0 Å². The Hall–Kier alpha value is -1.49. The first-order chi connectivity index (χ1) is 8.60. The molecule has 0 radical (unpaired) electrons. The molecule has 1 fully saturated rings. The van der Waals surface area contributed by atoms with Gasteiger partial charge in [-0.3, -0.25) is 4.79 Å². The Labute approximate surface area is 105 Å². The highest BCUT2D eigenvalue weighted by Crippen LogP contribution is 2.12. The molecule has 1 aliphatic heterocycles. The van der Waals surface area contributed by atoms with Crippen LogP contribution in [0.5, 0.6) is 0 Å². The van der Waals surface area contributed by atoms with E-state index in [4.69, 9.17) is 0 Å². The van der Waals surface area contributed by atoms with Gasteiger partial charge < -0.3 is 9.80 Å². The molecule has 0 unspecified atom stereocenters. The average molecular weight is 254 g/mol. The fraction of sp³-hybridized carbons (Fsp3) is 0.462. The van der Waals surface area contributed by atoms with Crippen molar-refractivity contribution in [3.63, 3.8) is 0 Å². The van der Waals surface area contributed by atoms with Gasteiger partial charge in [0, 0.05) is 37.8 Å². The van der Waals surface area contributed by atoms with Gasteiger partial charge in [-0.15, -0.1) is 0 Å². The third-order valence-corrected chi connectivity index (χ3v) is 3.22. The van der Waals surface area contributed by atoms with Crippen LogP contribution < -0.4 is 0 Å². The maximum Gasteiger partial charge on any atom is 0.254 e. The predicted molar refractivity (Wildman–Crippen MR) is 64.4 cm³/mol. The molecule has 98 valence electrons. The molecule has 1 amide bonds. The molecule has 5 heteroatoms. The van der Waals surface area contributed by atoms with Crippen molar-refractivity contribution < 1.29 is 13.6 Å². The van der Waals surface area contributed by atoms with Crippen molar-refractivity contribution in [2.75, 3.05) is 32.7 Å². The zero-order valence-electron chi connectivity index (χ0n) is 10.3. The number of rotatable bonds is 2. The highest BCUT2D eigenvalue weighted by molar-refractivity contribution is 5.94. The largest absolute Gasteiger partial charge is 0.336 e. The monoisotopic (exact) mass is 254 g/mol. The van der Waals surface area contributed by atoms with Gasteiger partial charge in [0.15, 0.2) is 0 Å². The van der Waals surface area contributed by atoms with Gasteiger partial charge in [0.05, 0.1) is 0 Å². The first kappa shape index (κ1) is 13.0. The topological polar surface area (TPSA) is 23.6 Å². The number of carbonyl (C=O) groups excluding carboxylic acids is 1. The van der Waals surface area contributed by atoms with E-state index in [1.54, 1.807) is 4.90 Å². The van der Waals surface area contributed by atoms with Crippen LogP contribution in [0.4, 0.5) is 8.78 Å². The van der Waals surface area contributed by atoms with Gasteiger partial charge in [0.25, 0.3) is 5.91 Å². The lowest BCUT2D eigenvalue weighted by molar-refractivity contribution is 0.0642. The summed E-state index contributed by atoms with van der Waals surface area (Å²) in [4.78, 5) is 15.9. The molecule has 0 bridgehead atoms. The van der Waals surface area contributed by atoms with E-state index in [1.807, 2.05) is 0 Å². The minimum Gasteiger partial charge on any atom is -0.336 e. The average Bonchev–Trinajstić information content (AvgIpc) is 2.37. The standard InChI is InChI=1S/C13H16F2N2O/c1-2-16-3-5-17(6-4-16)13(18)10-7-11(14)9-12(15)8-10/h7-9H,2-6H2,1H3. The van der Waals surface area contributed by atoms with E-state index in [1.165, 1.54) is 0 Å². The number of nitrogens with zero attached hydrogens (tertiary/aromatic N) is 2. The van der Waals surface area contributed by atoms with Crippen molar-refractivity contribution in [1.29, 1.82) is 0 Å². The van der Waals surface area contributed by atoms with E-state index < -0.39 is 11.6 Å². The number of hydrogen-bond acceptors (Lipinski definition) is 2. The van der Waals surface area contributed by atoms with Gasteiger partial charge in [-0.25, -0.2) is 8.78 Å². The zero-order chi connectivity index (χ0) is 13.1. The molecule has 3 nitrogen and oxygen atoms in total. The van der Waals surface area contributed by atoms with Crippen LogP contribution in [0.25, 0.3) is 0 Å². The Morgan fingerprint density at radius 3 is 2.17 bits per heavy atom. The van der Waals surface area contributed by atoms with Gasteiger partial charge >= 0.3 is 0 Å². The lowest BCUT2D eigenvalue weighted by atomic mass is 10.1. The summed E-state index contributed by atoms with van der Waals surface area (Å²) >= 11 is 0. The Kier molecular flexibility index (Phi) is 3.91. The van der Waals surface area contributed by atoms with Gasteiger partial charge in [-0.2, -0.15) is 0 Å². The summed E-state index contributed by atoms with van der Waals surface area (Å²) in [5.74, 6) is -1.74. The molecule has 1 aromatic carbocycles. The van der Waals surface area contributed by atoms with Crippen molar-refractivity contribution in [2.45, 2.75) is 6.92 Å². The molecular formula is C13H16F2N2O. The number of benzene rings is 1. The van der Waals surface area contributed by atoms with Crippen molar-refractivity contribution >= 4 is 5.91 Å². The van der Waals surface area contributed by atoms with Crippen LogP contribution in [-0.4, -0.2) is 48.4 Å². The molecule has 0 aromatic heterocycles. The summed E-state index contributed by atoms with van der Waals surface area (Å²) in [5, 5.41) is 0. The maximum absolute atomic E-state index is 13.1. The van der Waals surface area contributed by atoms with Gasteiger partial charge in [0.2, 0.25) is 0 Å². The van der Waals surface area contributed by atoms with E-state index in [0.717, 1.165) is 37.8 Å². The molecular weight excluding hydrogens is 238 g/mol. The second-order valence-corrected chi connectivity index (χ2v) is 4.38. The van der Waals surface area contributed by atoms with Crippen LogP contribution in [-0.2, 0) is 0 Å². The first-order valence-corrected chi connectivity index (χ1v) is 6.08. The van der Waals surface area contributed by atoms with Gasteiger partial charge in [0.1, 0.15) is 11.6 Å². The fourth-order valence-electron chi connectivity index (χ4n) is 2.13. The Morgan fingerprint density at radius 2 is 1.67 bits per heavy atom. The van der Waals surface area contributed by atoms with Crippen LogP contribution in [0.15, 0.2) is 18.2 Å². The first-order valence-electron chi connectivity index (χ1n) is 6.08. The summed E-state index contributed by atoms with van der Waals surface area (Å²) in [5.41, 5.74) is 0.0810. The lowest BCUT2D eigenvalue weighted by Gasteiger charge is -2.34. The number of carbonyl (C=O) groups is 1. The van der Waals surface area contributed by atoms with E-state index in [9.17, 15) is 13.6 Å². The Bertz CT molecular complexity index is 422. The fourth-order valence-corrected chi connectivity index (χ4v) is 2.13. The SMILES string of the molecule is CCN1CCN(C(=O)c2cc(F)cc(F)c2)CC1. The molecule has 1 heterocycles. The molecule has 0 spiro atoms. The highest BCUT2D eigenvalue weighted by atomic mass is 19.1. The zero-order valence-corrected chi connectivity index (χ0v) is 10.3. The van der Waals surface area contributed by atoms with Crippen LogP contribution in [0, 0.1) is 11.6 Å². The van der Waals surface area contributed by atoms with E-state index in [2.05, 4.69) is 11.8 Å². The molecule has 1 saturated heterocycles. The number of halogens is 2. The number of likely N-dealkylation sites (N-methyl/N-ethyl adjacent to an activating group) is 1. The summed E-state index contributed by atoms with van der Waals surface area (Å²) in [6, 6.07) is 2.93. The molecule has 1 aliphatic rings. The smallest absolute Gasteiger partial charge is 0.254 e. The molecule has 0 saturated carbocycles. The van der Waals surface area contributed by atoms with Gasteiger partial charge in [-0.1, -0.05) is 6.92 Å². The molecule has 18 heavy (non-hydrogen) atoms. The van der Waals surface area contributed by atoms with Crippen molar-refractivity contribution in [3.05, 3.63) is 35.4 Å². The number of piperazine rings is 1. The summed E-state index contributed by atoms with van der Waals surface area (Å²) in [7, 11) is 0. The molecule has 2 rings (SSSR count). The Balaban J connectivity index is 2.07. The molecule has 0 aliphatic carbocycles. The van der Waals surface area contributed by atoms with Crippen LogP contribution in [0.2, 0.25) is 0 Å². The summed E-state index contributed by atoms with van der Waals surface area (Å²) in [6.07, 6.45) is 0. The highest BCUT2D eigenvalue weighted by Gasteiger charge is 2.21.